The highest BCUT2D eigenvalue weighted by atomic mass is 16.5. The van der Waals surface area contributed by atoms with Crippen molar-refractivity contribution in [2.45, 2.75) is 0 Å². The quantitative estimate of drug-likeness (QED) is 0.682. The van der Waals surface area contributed by atoms with E-state index >= 15 is 0 Å². The molecule has 3 heterocycles. The topological polar surface area (TPSA) is 70.4 Å². The molecule has 0 bridgehead atoms. The van der Waals surface area contributed by atoms with Crippen LogP contribution in [-0.4, -0.2) is 62.2 Å². The molecule has 0 unspecified atom stereocenters. The van der Waals surface area contributed by atoms with Crippen molar-refractivity contribution >= 4 is 11.5 Å². The number of aromatic nitrogens is 3. The van der Waals surface area contributed by atoms with Crippen LogP contribution < -0.4 is 19.1 Å². The van der Waals surface area contributed by atoms with Gasteiger partial charge in [0.1, 0.15) is 5.82 Å². The number of anilines is 1. The third kappa shape index (κ3) is 3.02. The highest BCUT2D eigenvalue weighted by Crippen LogP contribution is 2.42. The molecule has 8 nitrogen and oxygen atoms in total. The van der Waals surface area contributed by atoms with Gasteiger partial charge in [-0.3, -0.25) is 0 Å². The Hall–Kier alpha value is -3.00. The van der Waals surface area contributed by atoms with Gasteiger partial charge in [-0.15, -0.1) is 0 Å². The summed E-state index contributed by atoms with van der Waals surface area (Å²) in [5.74, 6) is 2.75. The predicted molar refractivity (Wildman–Crippen MR) is 101 cm³/mol. The fourth-order valence-electron chi connectivity index (χ4n) is 3.35. The summed E-state index contributed by atoms with van der Waals surface area (Å²) in [5.41, 5.74) is 2.56. The minimum absolute atomic E-state index is 0.558. The predicted octanol–water partition coefficient (Wildman–Crippen LogP) is 2.26. The van der Waals surface area contributed by atoms with Crippen molar-refractivity contribution in [1.29, 1.82) is 0 Å². The Balaban J connectivity index is 1.83. The Morgan fingerprint density at radius 2 is 1.70 bits per heavy atom. The first-order chi connectivity index (χ1) is 13.3. The molecule has 27 heavy (non-hydrogen) atoms. The number of hydrogen-bond donors (Lipinski definition) is 0. The molecule has 0 saturated carbocycles. The summed E-state index contributed by atoms with van der Waals surface area (Å²) in [5, 5.41) is 4.58. The van der Waals surface area contributed by atoms with Crippen molar-refractivity contribution in [3.63, 3.8) is 0 Å². The van der Waals surface area contributed by atoms with Crippen molar-refractivity contribution in [1.82, 2.24) is 14.6 Å². The van der Waals surface area contributed by atoms with Crippen molar-refractivity contribution in [2.24, 2.45) is 0 Å². The Morgan fingerprint density at radius 1 is 1.00 bits per heavy atom. The van der Waals surface area contributed by atoms with Crippen molar-refractivity contribution in [3.05, 3.63) is 30.6 Å². The van der Waals surface area contributed by atoms with Gasteiger partial charge in [-0.25, -0.2) is 4.98 Å². The van der Waals surface area contributed by atoms with Gasteiger partial charge >= 0.3 is 0 Å². The van der Waals surface area contributed by atoms with E-state index in [2.05, 4.69) is 15.0 Å². The monoisotopic (exact) mass is 370 g/mol. The van der Waals surface area contributed by atoms with Crippen LogP contribution in [0.15, 0.2) is 30.6 Å². The van der Waals surface area contributed by atoms with Crippen molar-refractivity contribution in [2.75, 3.05) is 52.5 Å². The number of nitrogens with zero attached hydrogens (tertiary/aromatic N) is 4. The number of morpholine rings is 1. The molecule has 1 aliphatic rings. The molecular formula is C19H22N4O4. The Morgan fingerprint density at radius 3 is 2.33 bits per heavy atom. The first-order valence-corrected chi connectivity index (χ1v) is 8.72. The molecule has 2 aromatic heterocycles. The van der Waals surface area contributed by atoms with Gasteiger partial charge in [0.05, 0.1) is 40.7 Å². The van der Waals surface area contributed by atoms with Gasteiger partial charge in [-0.1, -0.05) is 0 Å². The maximum absolute atomic E-state index is 5.47. The van der Waals surface area contributed by atoms with E-state index < -0.39 is 0 Å². The SMILES string of the molecule is COc1cc(-c2cnn3c(N4CCOCC4)ccnc23)cc(OC)c1OC. The zero-order valence-corrected chi connectivity index (χ0v) is 15.6. The molecule has 4 rings (SSSR count). The molecule has 1 aliphatic heterocycles. The number of methoxy groups -OCH3 is 3. The first kappa shape index (κ1) is 17.4. The standard InChI is InChI=1S/C19H22N4O4/c1-24-15-10-13(11-16(25-2)18(15)26-3)14-12-21-23-17(4-5-20-19(14)23)22-6-8-27-9-7-22/h4-5,10-12H,6-9H2,1-3H3. The smallest absolute Gasteiger partial charge is 0.203 e. The van der Waals surface area contributed by atoms with Crippen LogP contribution in [0.3, 0.4) is 0 Å². The van der Waals surface area contributed by atoms with Gasteiger partial charge in [0.15, 0.2) is 17.1 Å². The summed E-state index contributed by atoms with van der Waals surface area (Å²) in [4.78, 5) is 6.81. The van der Waals surface area contributed by atoms with Gasteiger partial charge in [0.25, 0.3) is 0 Å². The fourth-order valence-corrected chi connectivity index (χ4v) is 3.35. The minimum Gasteiger partial charge on any atom is -0.493 e. The Kier molecular flexibility index (Phi) is 4.72. The zero-order chi connectivity index (χ0) is 18.8. The normalized spacial score (nSPS) is 14.4. The largest absolute Gasteiger partial charge is 0.493 e. The third-order valence-corrected chi connectivity index (χ3v) is 4.69. The van der Waals surface area contributed by atoms with E-state index in [1.54, 1.807) is 21.3 Å². The summed E-state index contributed by atoms with van der Waals surface area (Å²) in [6, 6.07) is 5.78. The molecule has 0 radical (unpaired) electrons. The average molecular weight is 370 g/mol. The molecule has 0 amide bonds. The Labute approximate surface area is 157 Å². The highest BCUT2D eigenvalue weighted by molar-refractivity contribution is 5.81. The molecule has 3 aromatic rings. The Bertz CT molecular complexity index is 925. The van der Waals surface area contributed by atoms with Crippen LogP contribution in [0.2, 0.25) is 0 Å². The summed E-state index contributed by atoms with van der Waals surface area (Å²) in [6.45, 7) is 3.09. The number of ether oxygens (including phenoxy) is 4. The van der Waals surface area contributed by atoms with Crippen LogP contribution in [0, 0.1) is 0 Å². The van der Waals surface area contributed by atoms with Crippen LogP contribution in [0.25, 0.3) is 16.8 Å². The van der Waals surface area contributed by atoms with Gasteiger partial charge in [-0.2, -0.15) is 9.61 Å². The maximum atomic E-state index is 5.47. The molecule has 1 fully saturated rings. The molecule has 0 aliphatic carbocycles. The lowest BCUT2D eigenvalue weighted by atomic mass is 10.1. The van der Waals surface area contributed by atoms with E-state index in [-0.39, 0.29) is 0 Å². The average Bonchev–Trinajstić information content (AvgIpc) is 3.17. The van der Waals surface area contributed by atoms with Gasteiger partial charge in [0.2, 0.25) is 5.75 Å². The lowest BCUT2D eigenvalue weighted by Crippen LogP contribution is -2.37. The van der Waals surface area contributed by atoms with Crippen molar-refractivity contribution in [3.8, 4) is 28.4 Å². The van der Waals surface area contributed by atoms with Crippen LogP contribution in [0.5, 0.6) is 17.2 Å². The van der Waals surface area contributed by atoms with E-state index in [4.69, 9.17) is 18.9 Å². The molecule has 1 aromatic carbocycles. The van der Waals surface area contributed by atoms with E-state index in [1.165, 1.54) is 0 Å². The number of rotatable bonds is 5. The summed E-state index contributed by atoms with van der Waals surface area (Å²) >= 11 is 0. The summed E-state index contributed by atoms with van der Waals surface area (Å²) in [6.07, 6.45) is 3.62. The van der Waals surface area contributed by atoms with Gasteiger partial charge < -0.3 is 23.8 Å². The fraction of sp³-hybridized carbons (Fsp3) is 0.368. The zero-order valence-electron chi connectivity index (χ0n) is 15.6. The molecule has 0 spiro atoms. The number of fused-ring (bicyclic) bond motifs is 1. The third-order valence-electron chi connectivity index (χ3n) is 4.69. The first-order valence-electron chi connectivity index (χ1n) is 8.72. The van der Waals surface area contributed by atoms with Crippen LogP contribution in [0.1, 0.15) is 0 Å². The summed E-state index contributed by atoms with van der Waals surface area (Å²) in [7, 11) is 4.80. The lowest BCUT2D eigenvalue weighted by Gasteiger charge is -2.28. The van der Waals surface area contributed by atoms with Gasteiger partial charge in [-0.05, 0) is 23.8 Å². The number of hydrogen-bond acceptors (Lipinski definition) is 7. The van der Waals surface area contributed by atoms with E-state index in [0.29, 0.717) is 30.5 Å². The van der Waals surface area contributed by atoms with Crippen LogP contribution in [0.4, 0.5) is 5.82 Å². The second-order valence-electron chi connectivity index (χ2n) is 6.11. The second kappa shape index (κ2) is 7.32. The van der Waals surface area contributed by atoms with Gasteiger partial charge in [0, 0.05) is 24.8 Å². The van der Waals surface area contributed by atoms with Crippen LogP contribution >= 0.6 is 0 Å². The molecule has 0 N–H and O–H groups in total. The molecule has 8 heteroatoms. The molecule has 0 atom stereocenters. The summed E-state index contributed by atoms with van der Waals surface area (Å²) < 4.78 is 23.7. The maximum Gasteiger partial charge on any atom is 0.203 e. The van der Waals surface area contributed by atoms with Crippen LogP contribution in [-0.2, 0) is 4.74 Å². The van der Waals surface area contributed by atoms with E-state index in [1.807, 2.05) is 35.1 Å². The molecular weight excluding hydrogens is 348 g/mol. The second-order valence-corrected chi connectivity index (χ2v) is 6.11. The lowest BCUT2D eigenvalue weighted by molar-refractivity contribution is 0.122. The molecule has 1 saturated heterocycles. The molecule has 142 valence electrons. The van der Waals surface area contributed by atoms with E-state index in [9.17, 15) is 0 Å². The van der Waals surface area contributed by atoms with E-state index in [0.717, 1.165) is 35.7 Å². The minimum atomic E-state index is 0.558. The highest BCUT2D eigenvalue weighted by Gasteiger charge is 2.20. The number of benzene rings is 1. The van der Waals surface area contributed by atoms with Crippen molar-refractivity contribution < 1.29 is 18.9 Å².